The molecule has 3 saturated heterocycles. The van der Waals surface area contributed by atoms with Crippen molar-refractivity contribution in [3.63, 3.8) is 0 Å². The highest BCUT2D eigenvalue weighted by atomic mass is 16.7. The third-order valence-electron chi connectivity index (χ3n) is 14.2. The SMILES string of the molecule is C=O.C=O.CC.CC[C@H]1OC(=O)C(C)[C@@H](O[C@H]2C[C@@](C)(O)[C@@H](O)C(C)O2)[C@H](C)[C@@H](OC2OC(C)CC(N(C)CCCN)[C@H]2O)[C@](C)(O)C[C@@H](C)CN(C)C(C)C(O)[C@]1(C)O.Cc1cccc2cccnc12. The number of likely N-dealkylation sites (N-methyl/N-ethyl adjacent to an activating group) is 2. The van der Waals surface area contributed by atoms with E-state index in [0.29, 0.717) is 26.1 Å². The van der Waals surface area contributed by atoms with E-state index in [1.807, 2.05) is 77.4 Å². The number of pyridine rings is 1. The number of rotatable bonds is 9. The number of aryl methyl sites for hydroxylation is 1. The number of aromatic nitrogens is 1. The Morgan fingerprint density at radius 2 is 1.51 bits per heavy atom. The lowest BCUT2D eigenvalue weighted by Crippen LogP contribution is -2.60. The first-order chi connectivity index (χ1) is 33.3. The number of hydrogen-bond acceptors (Lipinski definition) is 18. The zero-order chi connectivity index (χ0) is 54.8. The highest BCUT2D eigenvalue weighted by Gasteiger charge is 2.52. The molecule has 2 aromatic rings. The van der Waals surface area contributed by atoms with Gasteiger partial charge in [-0.15, -0.1) is 0 Å². The van der Waals surface area contributed by atoms with Crippen LogP contribution in [-0.4, -0.2) is 189 Å². The Morgan fingerprint density at radius 3 is 2.07 bits per heavy atom. The fraction of sp³-hybridized carbons (Fsp3) is 0.774. The van der Waals surface area contributed by atoms with Crippen LogP contribution in [0.2, 0.25) is 0 Å². The lowest BCUT2D eigenvalue weighted by Gasteiger charge is -2.48. The lowest BCUT2D eigenvalue weighted by atomic mass is 9.77. The Balaban J connectivity index is 0.00000126. The Labute approximate surface area is 424 Å². The molecule has 18 heteroatoms. The van der Waals surface area contributed by atoms with Crippen LogP contribution in [-0.2, 0) is 38.1 Å². The van der Waals surface area contributed by atoms with Crippen molar-refractivity contribution in [1.29, 1.82) is 0 Å². The number of hydrogen-bond donors (Lipinski definition) is 7. The average Bonchev–Trinajstić information content (AvgIpc) is 3.33. The summed E-state index contributed by atoms with van der Waals surface area (Å²) in [5, 5.41) is 70.5. The summed E-state index contributed by atoms with van der Waals surface area (Å²) in [5.41, 5.74) is 3.13. The van der Waals surface area contributed by atoms with Crippen LogP contribution in [0.4, 0.5) is 0 Å². The molecule has 3 aliphatic rings. The molecule has 3 aliphatic heterocycles. The van der Waals surface area contributed by atoms with E-state index < -0.39 is 96.0 Å². The van der Waals surface area contributed by atoms with Crippen LogP contribution in [0.25, 0.3) is 10.9 Å². The first-order valence-electron chi connectivity index (χ1n) is 25.3. The van der Waals surface area contributed by atoms with Gasteiger partial charge >= 0.3 is 5.97 Å². The van der Waals surface area contributed by atoms with Crippen molar-refractivity contribution in [3.8, 4) is 0 Å². The minimum atomic E-state index is -1.82. The molecule has 18 atom stereocenters. The van der Waals surface area contributed by atoms with Crippen LogP contribution in [0, 0.1) is 24.7 Å². The predicted molar refractivity (Wildman–Crippen MR) is 274 cm³/mol. The van der Waals surface area contributed by atoms with Gasteiger partial charge in [0, 0.05) is 42.6 Å². The van der Waals surface area contributed by atoms with E-state index in [0.717, 1.165) is 11.9 Å². The number of cyclic esters (lactones) is 1. The Hall–Kier alpha value is -3.08. The summed E-state index contributed by atoms with van der Waals surface area (Å²) < 4.78 is 31.6. The monoisotopic (exact) mass is 1010 g/mol. The molecule has 0 bridgehead atoms. The van der Waals surface area contributed by atoms with E-state index in [9.17, 15) is 35.4 Å². The van der Waals surface area contributed by atoms with Crippen molar-refractivity contribution in [2.24, 2.45) is 23.5 Å². The van der Waals surface area contributed by atoms with Gasteiger partial charge in [0.25, 0.3) is 0 Å². The first kappa shape index (κ1) is 65.9. The van der Waals surface area contributed by atoms with Crippen molar-refractivity contribution in [2.75, 3.05) is 33.7 Å². The third kappa shape index (κ3) is 17.8. The Bertz CT molecular complexity index is 1820. The third-order valence-corrected chi connectivity index (χ3v) is 14.2. The van der Waals surface area contributed by atoms with Gasteiger partial charge in [-0.1, -0.05) is 58.9 Å². The van der Waals surface area contributed by atoms with Crippen molar-refractivity contribution in [1.82, 2.24) is 14.8 Å². The van der Waals surface area contributed by atoms with Gasteiger partial charge in [0.15, 0.2) is 12.6 Å². The zero-order valence-corrected chi connectivity index (χ0v) is 45.6. The first-order valence-corrected chi connectivity index (χ1v) is 25.3. The van der Waals surface area contributed by atoms with Crippen molar-refractivity contribution < 1.29 is 68.7 Å². The summed E-state index contributed by atoms with van der Waals surface area (Å²) in [4.78, 5) is 38.4. The molecule has 410 valence electrons. The van der Waals surface area contributed by atoms with E-state index in [-0.39, 0.29) is 37.3 Å². The molecule has 0 aliphatic carbocycles. The lowest BCUT2D eigenvalue weighted by molar-refractivity contribution is -0.316. The highest BCUT2D eigenvalue weighted by molar-refractivity contribution is 5.81. The normalized spacial score (nSPS) is 38.5. The number of fused-ring (bicyclic) bond motifs is 1. The Kier molecular flexibility index (Phi) is 28.2. The molecule has 5 rings (SSSR count). The number of aliphatic hydroxyl groups excluding tert-OH is 3. The molecular formula is C53H94N4O14. The van der Waals surface area contributed by atoms with Gasteiger partial charge in [0.1, 0.15) is 43.6 Å². The summed E-state index contributed by atoms with van der Waals surface area (Å²) in [6.07, 6.45) is -6.80. The predicted octanol–water partition coefficient (Wildman–Crippen LogP) is 4.17. The van der Waals surface area contributed by atoms with Crippen molar-refractivity contribution in [3.05, 3.63) is 42.1 Å². The maximum Gasteiger partial charge on any atom is 0.311 e. The second-order valence-corrected chi connectivity index (χ2v) is 20.3. The van der Waals surface area contributed by atoms with Crippen molar-refractivity contribution in [2.45, 2.75) is 212 Å². The average molecular weight is 1010 g/mol. The molecule has 7 unspecified atom stereocenters. The molecule has 1 aromatic heterocycles. The van der Waals surface area contributed by atoms with Crippen LogP contribution in [0.5, 0.6) is 0 Å². The summed E-state index contributed by atoms with van der Waals surface area (Å²) in [6, 6.07) is 9.37. The number of para-hydroxylation sites is 1. The molecule has 0 saturated carbocycles. The second kappa shape index (κ2) is 30.3. The standard InChI is InChI=1S/C39H75N3O12.C10H9N.C2H6.2CH2O/c1-13-28-39(10,49)32(44)25(6)42(12)20-21(2)18-38(9,48)34(54-36-30(43)27(17-22(3)50-36)41(11)16-14-15-40)23(4)31(24(5)35(46)52-28)53-29-19-37(8,47)33(45)26(7)51-29;1-8-4-2-5-9-6-3-7-11-10(8)9;3*1-2/h21-34,36,43-45,47-49H,13-20,40H2,1-12H3;2-7H,1H3;1-2H3;2*1H2/t21-,22?,23+,24?,25?,26?,27?,28-,29+,30-,31+,32?,33+,34-,36?,37-,38-,39-;;;;/m1..../s1. The molecule has 18 nitrogen and oxygen atoms in total. The van der Waals surface area contributed by atoms with Gasteiger partial charge in [-0.3, -0.25) is 9.78 Å². The fourth-order valence-electron chi connectivity index (χ4n) is 10.2. The Morgan fingerprint density at radius 1 is 0.901 bits per heavy atom. The van der Waals surface area contributed by atoms with E-state index >= 15 is 0 Å². The topological polar surface area (TPSA) is 264 Å². The number of nitrogens with zero attached hydrogens (tertiary/aromatic N) is 3. The van der Waals surface area contributed by atoms with Crippen LogP contribution in [0.15, 0.2) is 36.5 Å². The van der Waals surface area contributed by atoms with E-state index in [4.69, 9.17) is 39.0 Å². The number of ether oxygens (including phenoxy) is 5. The molecule has 8 N–H and O–H groups in total. The van der Waals surface area contributed by atoms with Crippen LogP contribution >= 0.6 is 0 Å². The highest BCUT2D eigenvalue weighted by Crippen LogP contribution is 2.40. The summed E-state index contributed by atoms with van der Waals surface area (Å²) in [7, 11) is 3.75. The maximum absolute atomic E-state index is 14.2. The molecule has 0 spiro atoms. The minimum absolute atomic E-state index is 0.121. The molecule has 0 radical (unpaired) electrons. The van der Waals surface area contributed by atoms with Gasteiger partial charge in [-0.05, 0) is 126 Å². The maximum atomic E-state index is 14.2. The molecule has 1 aromatic carbocycles. The molecule has 4 heterocycles. The summed E-state index contributed by atoms with van der Waals surface area (Å²) in [6.45, 7) is 28.7. The molecule has 3 fully saturated rings. The van der Waals surface area contributed by atoms with Gasteiger partial charge in [-0.2, -0.15) is 0 Å². The molecule has 0 amide bonds. The van der Waals surface area contributed by atoms with Crippen LogP contribution in [0.1, 0.15) is 121 Å². The van der Waals surface area contributed by atoms with E-state index in [1.54, 1.807) is 41.5 Å². The minimum Gasteiger partial charge on any atom is -0.459 e. The van der Waals surface area contributed by atoms with Crippen molar-refractivity contribution >= 4 is 30.5 Å². The molecule has 71 heavy (non-hydrogen) atoms. The van der Waals surface area contributed by atoms with E-state index in [1.165, 1.54) is 24.8 Å². The number of nitrogens with two attached hydrogens (primary N) is 1. The number of carbonyl (C=O) groups is 3. The second-order valence-electron chi connectivity index (χ2n) is 20.3. The number of esters is 1. The van der Waals surface area contributed by atoms with Crippen LogP contribution in [0.3, 0.4) is 0 Å². The van der Waals surface area contributed by atoms with Crippen LogP contribution < -0.4 is 5.73 Å². The number of benzene rings is 1. The summed E-state index contributed by atoms with van der Waals surface area (Å²) in [5.74, 6) is -2.77. The van der Waals surface area contributed by atoms with Gasteiger partial charge in [0.2, 0.25) is 0 Å². The van der Waals surface area contributed by atoms with Gasteiger partial charge < -0.3 is 79.4 Å². The van der Waals surface area contributed by atoms with E-state index in [2.05, 4.69) is 36.2 Å². The number of carbonyl (C=O) groups excluding carboxylic acids is 3. The summed E-state index contributed by atoms with van der Waals surface area (Å²) >= 11 is 0. The van der Waals surface area contributed by atoms with Gasteiger partial charge in [0.05, 0.1) is 47.1 Å². The quantitative estimate of drug-likeness (QED) is 0.174. The smallest absolute Gasteiger partial charge is 0.311 e. The fourth-order valence-corrected chi connectivity index (χ4v) is 10.2. The van der Waals surface area contributed by atoms with Gasteiger partial charge in [-0.25, -0.2) is 0 Å². The largest absolute Gasteiger partial charge is 0.459 e. The zero-order valence-electron chi connectivity index (χ0n) is 45.6. The molecular weight excluding hydrogens is 917 g/mol. The number of aliphatic hydroxyl groups is 6.